The van der Waals surface area contributed by atoms with E-state index in [2.05, 4.69) is 146 Å². The van der Waals surface area contributed by atoms with E-state index in [1.807, 2.05) is 12.1 Å². The molecule has 0 N–H and O–H groups in total. The van der Waals surface area contributed by atoms with Gasteiger partial charge in [-0.1, -0.05) is 121 Å². The molecule has 2 nitrogen and oxygen atoms in total. The summed E-state index contributed by atoms with van der Waals surface area (Å²) in [5, 5.41) is 4.82. The fourth-order valence-corrected chi connectivity index (χ4v) is 6.89. The number of hydrogen-bond acceptors (Lipinski definition) is 2. The van der Waals surface area contributed by atoms with Gasteiger partial charge in [-0.3, -0.25) is 4.98 Å². The van der Waals surface area contributed by atoms with Gasteiger partial charge in [0, 0.05) is 28.1 Å². The molecule has 2 aliphatic rings. The molecular weight excluding hydrogens is 546 g/mol. The normalized spacial score (nSPS) is 14.8. The first-order chi connectivity index (χ1) is 22.3. The lowest BCUT2D eigenvalue weighted by atomic mass is 9.89. The van der Waals surface area contributed by atoms with E-state index < -0.39 is 0 Å². The van der Waals surface area contributed by atoms with Gasteiger partial charge in [-0.15, -0.1) is 0 Å². The lowest BCUT2D eigenvalue weighted by molar-refractivity contribution is 0.487. The van der Waals surface area contributed by atoms with Crippen LogP contribution in [0.2, 0.25) is 0 Å². The molecule has 212 valence electrons. The molecule has 0 spiro atoms. The fraction of sp³-hybridized carbons (Fsp3) is 0.0465. The van der Waals surface area contributed by atoms with Crippen molar-refractivity contribution < 1.29 is 4.74 Å². The molecule has 1 aliphatic heterocycles. The molecule has 1 aliphatic carbocycles. The Morgan fingerprint density at radius 2 is 1.33 bits per heavy atom. The minimum absolute atomic E-state index is 0.279. The number of fused-ring (bicyclic) bond motifs is 3. The highest BCUT2D eigenvalue weighted by atomic mass is 16.5. The molecule has 0 saturated heterocycles. The summed E-state index contributed by atoms with van der Waals surface area (Å²) in [4.78, 5) is 5.13. The van der Waals surface area contributed by atoms with Crippen molar-refractivity contribution in [2.45, 2.75) is 12.3 Å². The SMILES string of the molecule is C1=CCC(c2cc(-c3ccc4cc(-c5ccc6c7c(cccc57)-c5ccccc5O6)ccc4c3)cc(-c3ccccc3)n2)C=C1. The number of rotatable bonds is 4. The molecule has 6 aromatic carbocycles. The first-order valence-corrected chi connectivity index (χ1v) is 15.6. The van der Waals surface area contributed by atoms with Gasteiger partial charge >= 0.3 is 0 Å². The van der Waals surface area contributed by atoms with Crippen molar-refractivity contribution in [2.24, 2.45) is 0 Å². The van der Waals surface area contributed by atoms with Crippen LogP contribution in [-0.4, -0.2) is 4.98 Å². The van der Waals surface area contributed by atoms with Crippen molar-refractivity contribution in [2.75, 3.05) is 0 Å². The zero-order valence-corrected chi connectivity index (χ0v) is 24.7. The van der Waals surface area contributed by atoms with Gasteiger partial charge in [0.25, 0.3) is 0 Å². The van der Waals surface area contributed by atoms with E-state index in [-0.39, 0.29) is 5.92 Å². The monoisotopic (exact) mass is 575 g/mol. The van der Waals surface area contributed by atoms with E-state index >= 15 is 0 Å². The van der Waals surface area contributed by atoms with Crippen molar-refractivity contribution in [3.8, 4) is 56.1 Å². The number of nitrogens with zero attached hydrogens (tertiary/aromatic N) is 1. The van der Waals surface area contributed by atoms with Crippen molar-refractivity contribution in [3.05, 3.63) is 163 Å². The predicted octanol–water partition coefficient (Wildman–Crippen LogP) is 11.8. The highest BCUT2D eigenvalue weighted by Crippen LogP contribution is 2.48. The highest BCUT2D eigenvalue weighted by Gasteiger charge is 2.21. The molecule has 45 heavy (non-hydrogen) atoms. The number of para-hydroxylation sites is 1. The summed E-state index contributed by atoms with van der Waals surface area (Å²) in [6, 6.07) is 47.8. The molecule has 0 radical (unpaired) electrons. The highest BCUT2D eigenvalue weighted by molar-refractivity contribution is 6.10. The third-order valence-corrected chi connectivity index (χ3v) is 9.16. The quantitative estimate of drug-likeness (QED) is 0.208. The Hall–Kier alpha value is -5.73. The van der Waals surface area contributed by atoms with Crippen LogP contribution in [0, 0.1) is 0 Å². The molecule has 2 heteroatoms. The van der Waals surface area contributed by atoms with Gasteiger partial charge in [0.15, 0.2) is 0 Å². The molecule has 0 saturated carbocycles. The molecule has 2 heterocycles. The fourth-order valence-electron chi connectivity index (χ4n) is 6.89. The van der Waals surface area contributed by atoms with Gasteiger partial charge in [0.1, 0.15) is 11.5 Å². The Bertz CT molecular complexity index is 2330. The maximum atomic E-state index is 6.34. The minimum atomic E-state index is 0.279. The predicted molar refractivity (Wildman–Crippen MR) is 187 cm³/mol. The summed E-state index contributed by atoms with van der Waals surface area (Å²) in [6.45, 7) is 0. The number of allylic oxidation sites excluding steroid dienone is 4. The summed E-state index contributed by atoms with van der Waals surface area (Å²) in [5.74, 6) is 2.11. The Balaban J connectivity index is 1.13. The summed E-state index contributed by atoms with van der Waals surface area (Å²) < 4.78 is 6.34. The van der Waals surface area contributed by atoms with Crippen LogP contribution in [0.4, 0.5) is 0 Å². The number of ether oxygens (including phenoxy) is 1. The first kappa shape index (κ1) is 25.7. The zero-order chi connectivity index (χ0) is 29.7. The minimum Gasteiger partial charge on any atom is -0.456 e. The molecule has 1 unspecified atom stereocenters. The van der Waals surface area contributed by atoms with E-state index in [9.17, 15) is 0 Å². The second kappa shape index (κ2) is 10.5. The van der Waals surface area contributed by atoms with Crippen molar-refractivity contribution in [3.63, 3.8) is 0 Å². The molecule has 0 fully saturated rings. The van der Waals surface area contributed by atoms with Crippen LogP contribution in [0.1, 0.15) is 18.0 Å². The Morgan fingerprint density at radius 1 is 0.533 bits per heavy atom. The molecule has 1 aromatic heterocycles. The van der Waals surface area contributed by atoms with Crippen molar-refractivity contribution in [1.82, 2.24) is 4.98 Å². The molecule has 9 rings (SSSR count). The van der Waals surface area contributed by atoms with Crippen LogP contribution in [0.15, 0.2) is 158 Å². The summed E-state index contributed by atoms with van der Waals surface area (Å²) in [6.07, 6.45) is 9.71. The Labute approximate surface area is 262 Å². The van der Waals surface area contributed by atoms with Crippen LogP contribution in [0.3, 0.4) is 0 Å². The van der Waals surface area contributed by atoms with Gasteiger partial charge in [0.05, 0.1) is 5.69 Å². The lowest BCUT2D eigenvalue weighted by Crippen LogP contribution is -2.01. The number of benzene rings is 6. The van der Waals surface area contributed by atoms with Crippen LogP contribution in [0.25, 0.3) is 66.2 Å². The van der Waals surface area contributed by atoms with Crippen molar-refractivity contribution >= 4 is 21.5 Å². The average Bonchev–Trinajstić information content (AvgIpc) is 3.12. The second-order valence-electron chi connectivity index (χ2n) is 11.9. The van der Waals surface area contributed by atoms with E-state index in [1.165, 1.54) is 49.4 Å². The van der Waals surface area contributed by atoms with Gasteiger partial charge in [-0.2, -0.15) is 0 Å². The van der Waals surface area contributed by atoms with Crippen molar-refractivity contribution in [1.29, 1.82) is 0 Å². The number of hydrogen-bond donors (Lipinski definition) is 0. The van der Waals surface area contributed by atoms with E-state index in [1.54, 1.807) is 0 Å². The van der Waals surface area contributed by atoms with Crippen LogP contribution < -0.4 is 4.74 Å². The summed E-state index contributed by atoms with van der Waals surface area (Å²) >= 11 is 0. The largest absolute Gasteiger partial charge is 0.456 e. The van der Waals surface area contributed by atoms with E-state index in [0.29, 0.717) is 0 Å². The Morgan fingerprint density at radius 3 is 2.20 bits per heavy atom. The molecule has 0 amide bonds. The number of pyridine rings is 1. The van der Waals surface area contributed by atoms with Gasteiger partial charge < -0.3 is 4.74 Å². The molecule has 0 bridgehead atoms. The zero-order valence-electron chi connectivity index (χ0n) is 24.7. The molecular formula is C43H29NO. The standard InChI is InChI=1S/C43H29NO/c1-3-10-28(11-4-1)39-26-34(27-40(44-39)29-12-5-2-6-13-29)32-19-18-31-25-33(21-20-30(31)24-32)35-22-23-42-43-37(35)15-9-16-38(43)36-14-7-8-17-41(36)45-42/h1-12,14-27,29H,13H2. The summed E-state index contributed by atoms with van der Waals surface area (Å²) in [7, 11) is 0. The second-order valence-corrected chi connectivity index (χ2v) is 11.9. The van der Waals surface area contributed by atoms with Gasteiger partial charge in [-0.05, 0) is 86.8 Å². The van der Waals surface area contributed by atoms with Crippen LogP contribution >= 0.6 is 0 Å². The smallest absolute Gasteiger partial charge is 0.135 e. The third-order valence-electron chi connectivity index (χ3n) is 9.16. The maximum absolute atomic E-state index is 6.34. The van der Waals surface area contributed by atoms with Crippen LogP contribution in [0.5, 0.6) is 11.5 Å². The molecule has 7 aromatic rings. The van der Waals surface area contributed by atoms with Gasteiger partial charge in [0.2, 0.25) is 0 Å². The van der Waals surface area contributed by atoms with Gasteiger partial charge in [-0.25, -0.2) is 0 Å². The maximum Gasteiger partial charge on any atom is 0.135 e. The lowest BCUT2D eigenvalue weighted by Gasteiger charge is -2.22. The summed E-state index contributed by atoms with van der Waals surface area (Å²) in [5.41, 5.74) is 10.4. The van der Waals surface area contributed by atoms with E-state index in [4.69, 9.17) is 9.72 Å². The first-order valence-electron chi connectivity index (χ1n) is 15.6. The third kappa shape index (κ3) is 4.46. The topological polar surface area (TPSA) is 22.1 Å². The molecule has 1 atom stereocenters. The average molecular weight is 576 g/mol. The van der Waals surface area contributed by atoms with E-state index in [0.717, 1.165) is 40.4 Å². The van der Waals surface area contributed by atoms with Crippen LogP contribution in [-0.2, 0) is 0 Å². The Kier molecular flexibility index (Phi) is 5.99. The number of aromatic nitrogens is 1.